The van der Waals surface area contributed by atoms with E-state index < -0.39 is 18.5 Å². The molecule has 0 spiro atoms. The summed E-state index contributed by atoms with van der Waals surface area (Å²) in [6.45, 7) is -0.525. The molecule has 0 radical (unpaired) electrons. The van der Waals surface area contributed by atoms with E-state index in [-0.39, 0.29) is 5.88 Å². The fourth-order valence-electron chi connectivity index (χ4n) is 0.660. The topological polar surface area (TPSA) is 59.4 Å². The van der Waals surface area contributed by atoms with Gasteiger partial charge in [-0.2, -0.15) is 9.37 Å². The highest BCUT2D eigenvalue weighted by atomic mass is 127. The van der Waals surface area contributed by atoms with E-state index >= 15 is 0 Å². The molecule has 0 unspecified atom stereocenters. The molecule has 7 heteroatoms. The minimum Gasteiger partial charge on any atom is -0.479 e. The highest BCUT2D eigenvalue weighted by molar-refractivity contribution is 14.1. The van der Waals surface area contributed by atoms with Gasteiger partial charge < -0.3 is 9.84 Å². The number of carboxylic acid groups (broad SMARTS) is 1. The first kappa shape index (κ1) is 11.9. The highest BCUT2D eigenvalue weighted by Gasteiger charge is 2.10. The second kappa shape index (κ2) is 5.05. The Labute approximate surface area is 106 Å². The highest BCUT2D eigenvalue weighted by Crippen LogP contribution is 2.21. The van der Waals surface area contributed by atoms with Crippen LogP contribution in [0.25, 0.3) is 0 Å². The molecule has 14 heavy (non-hydrogen) atoms. The fraction of sp³-hybridized carbons (Fsp3) is 0.143. The number of aromatic nitrogens is 1. The zero-order valence-corrected chi connectivity index (χ0v) is 10.9. The quantitative estimate of drug-likeness (QED) is 0.597. The average Bonchev–Trinajstić information content (AvgIpc) is 2.09. The molecule has 0 fully saturated rings. The van der Waals surface area contributed by atoms with Crippen molar-refractivity contribution in [3.8, 4) is 5.88 Å². The normalized spacial score (nSPS) is 9.93. The molecule has 0 saturated carbocycles. The van der Waals surface area contributed by atoms with Gasteiger partial charge in [-0.1, -0.05) is 0 Å². The van der Waals surface area contributed by atoms with Crippen molar-refractivity contribution in [3.05, 3.63) is 19.2 Å². The van der Waals surface area contributed by atoms with Gasteiger partial charge in [0.1, 0.15) is 0 Å². The van der Waals surface area contributed by atoms with Crippen LogP contribution in [0.5, 0.6) is 5.88 Å². The number of nitrogens with zero attached hydrogens (tertiary/aromatic N) is 1. The molecule has 0 aliphatic heterocycles. The number of carbonyl (C=O) groups is 1. The number of aliphatic carboxylic acids is 1. The molecule has 0 atom stereocenters. The number of hydrogen-bond donors (Lipinski definition) is 1. The molecular weight excluding hydrogens is 419 g/mol. The number of hydrogen-bond acceptors (Lipinski definition) is 3. The summed E-state index contributed by atoms with van der Waals surface area (Å²) in [4.78, 5) is 13.7. The summed E-state index contributed by atoms with van der Waals surface area (Å²) in [5, 5.41) is 8.34. The van der Waals surface area contributed by atoms with Crippen molar-refractivity contribution < 1.29 is 19.0 Å². The zero-order chi connectivity index (χ0) is 10.7. The lowest BCUT2D eigenvalue weighted by molar-refractivity contribution is -0.139. The second-order valence-corrected chi connectivity index (χ2v) is 4.55. The molecule has 1 rings (SSSR count). The molecule has 0 bridgehead atoms. The van der Waals surface area contributed by atoms with Crippen molar-refractivity contribution in [1.29, 1.82) is 0 Å². The number of ether oxygens (including phenoxy) is 1. The average molecular weight is 423 g/mol. The van der Waals surface area contributed by atoms with Crippen LogP contribution < -0.4 is 4.74 Å². The summed E-state index contributed by atoms with van der Waals surface area (Å²) < 4.78 is 18.7. The molecule has 0 aromatic carbocycles. The van der Waals surface area contributed by atoms with Crippen LogP contribution in [0, 0.1) is 13.1 Å². The van der Waals surface area contributed by atoms with Gasteiger partial charge in [-0.25, -0.2) is 4.79 Å². The number of halogens is 3. The molecule has 1 heterocycles. The third-order valence-corrected chi connectivity index (χ3v) is 2.72. The lowest BCUT2D eigenvalue weighted by Crippen LogP contribution is -2.11. The first-order chi connectivity index (χ1) is 6.50. The van der Waals surface area contributed by atoms with E-state index in [1.54, 1.807) is 22.6 Å². The van der Waals surface area contributed by atoms with Crippen LogP contribution in [0.2, 0.25) is 0 Å². The van der Waals surface area contributed by atoms with Crippen LogP contribution in [0.15, 0.2) is 6.07 Å². The molecule has 1 aromatic rings. The standard InChI is InChI=1S/C7H4FI2NO3/c8-6-3(9)1-4(10)7(11-6)14-2-5(12)13/h1H,2H2,(H,12,13). The Bertz CT molecular complexity index is 372. The van der Waals surface area contributed by atoms with E-state index in [4.69, 9.17) is 9.84 Å². The van der Waals surface area contributed by atoms with Crippen LogP contribution in [0.4, 0.5) is 4.39 Å². The van der Waals surface area contributed by atoms with Crippen LogP contribution in [0.1, 0.15) is 0 Å². The Kier molecular flexibility index (Phi) is 4.29. The SMILES string of the molecule is O=C(O)COc1nc(F)c(I)cc1I. The van der Waals surface area contributed by atoms with Crippen LogP contribution >= 0.6 is 45.2 Å². The van der Waals surface area contributed by atoms with E-state index in [1.165, 1.54) is 6.07 Å². The lowest BCUT2D eigenvalue weighted by atomic mass is 10.5. The Balaban J connectivity index is 2.87. The van der Waals surface area contributed by atoms with Crippen LogP contribution in [-0.2, 0) is 4.79 Å². The van der Waals surface area contributed by atoms with Crippen molar-refractivity contribution in [1.82, 2.24) is 4.98 Å². The van der Waals surface area contributed by atoms with E-state index in [1.807, 2.05) is 22.6 Å². The maximum atomic E-state index is 12.9. The monoisotopic (exact) mass is 423 g/mol. The lowest BCUT2D eigenvalue weighted by Gasteiger charge is -2.04. The zero-order valence-electron chi connectivity index (χ0n) is 6.63. The predicted octanol–water partition coefficient (Wildman–Crippen LogP) is 1.89. The Hall–Kier alpha value is -0.190. The Morgan fingerprint density at radius 3 is 2.79 bits per heavy atom. The van der Waals surface area contributed by atoms with E-state index in [2.05, 4.69) is 4.98 Å². The first-order valence-corrected chi connectivity index (χ1v) is 5.52. The number of pyridine rings is 1. The predicted molar refractivity (Wildman–Crippen MR) is 62.8 cm³/mol. The molecule has 1 aromatic heterocycles. The van der Waals surface area contributed by atoms with Gasteiger partial charge in [0.25, 0.3) is 0 Å². The van der Waals surface area contributed by atoms with E-state index in [0.717, 1.165) is 0 Å². The molecule has 0 aliphatic carbocycles. The van der Waals surface area contributed by atoms with Gasteiger partial charge in [0.15, 0.2) is 6.61 Å². The van der Waals surface area contributed by atoms with Gasteiger partial charge in [0.2, 0.25) is 11.8 Å². The molecule has 4 nitrogen and oxygen atoms in total. The summed E-state index contributed by atoms with van der Waals surface area (Å²) >= 11 is 3.69. The van der Waals surface area contributed by atoms with Crippen molar-refractivity contribution in [2.45, 2.75) is 0 Å². The molecule has 0 aliphatic rings. The van der Waals surface area contributed by atoms with E-state index in [0.29, 0.717) is 7.14 Å². The van der Waals surface area contributed by atoms with Crippen LogP contribution in [-0.4, -0.2) is 22.7 Å². The van der Waals surface area contributed by atoms with Gasteiger partial charge in [-0.05, 0) is 51.2 Å². The third kappa shape index (κ3) is 3.19. The van der Waals surface area contributed by atoms with Gasteiger partial charge in [-0.15, -0.1) is 0 Å². The van der Waals surface area contributed by atoms with Gasteiger partial charge in [0.05, 0.1) is 7.14 Å². The molecule has 1 N–H and O–H groups in total. The third-order valence-electron chi connectivity index (χ3n) is 1.19. The Morgan fingerprint density at radius 1 is 1.57 bits per heavy atom. The summed E-state index contributed by atoms with van der Waals surface area (Å²) in [6.07, 6.45) is 0. The first-order valence-electron chi connectivity index (χ1n) is 3.37. The van der Waals surface area contributed by atoms with Crippen molar-refractivity contribution in [2.75, 3.05) is 6.61 Å². The minimum absolute atomic E-state index is 0.00548. The molecular formula is C7H4FI2NO3. The van der Waals surface area contributed by atoms with Crippen molar-refractivity contribution in [3.63, 3.8) is 0 Å². The smallest absolute Gasteiger partial charge is 0.341 e. The maximum Gasteiger partial charge on any atom is 0.341 e. The van der Waals surface area contributed by atoms with Gasteiger partial charge >= 0.3 is 5.97 Å². The summed E-state index contributed by atoms with van der Waals surface area (Å²) in [7, 11) is 0. The summed E-state index contributed by atoms with van der Waals surface area (Å²) in [5.74, 6) is -1.78. The molecule has 0 amide bonds. The fourth-order valence-corrected chi connectivity index (χ4v) is 2.28. The van der Waals surface area contributed by atoms with Crippen molar-refractivity contribution >= 4 is 51.2 Å². The molecule has 76 valence electrons. The van der Waals surface area contributed by atoms with E-state index in [9.17, 15) is 9.18 Å². The van der Waals surface area contributed by atoms with Crippen molar-refractivity contribution in [2.24, 2.45) is 0 Å². The van der Waals surface area contributed by atoms with Crippen LogP contribution in [0.3, 0.4) is 0 Å². The second-order valence-electron chi connectivity index (χ2n) is 2.23. The minimum atomic E-state index is -1.12. The van der Waals surface area contributed by atoms with Gasteiger partial charge in [-0.3, -0.25) is 0 Å². The number of carboxylic acids is 1. The summed E-state index contributed by atoms with van der Waals surface area (Å²) in [6, 6.07) is 1.53. The Morgan fingerprint density at radius 2 is 2.21 bits per heavy atom. The maximum absolute atomic E-state index is 12.9. The number of rotatable bonds is 3. The largest absolute Gasteiger partial charge is 0.479 e. The van der Waals surface area contributed by atoms with Gasteiger partial charge in [0, 0.05) is 0 Å². The summed E-state index contributed by atoms with van der Waals surface area (Å²) in [5.41, 5.74) is 0. The molecule has 0 saturated heterocycles.